The van der Waals surface area contributed by atoms with Crippen molar-refractivity contribution in [3.8, 4) is 0 Å². The molecule has 2 rings (SSSR count). The van der Waals surface area contributed by atoms with Crippen LogP contribution < -0.4 is 0 Å². The number of benzene rings is 1. The molecule has 0 aromatic heterocycles. The van der Waals surface area contributed by atoms with Crippen molar-refractivity contribution in [1.82, 2.24) is 0 Å². The Kier molecular flexibility index (Phi) is 3.52. The number of rotatable bonds is 3. The van der Waals surface area contributed by atoms with Crippen LogP contribution in [0.15, 0.2) is 33.9 Å². The number of azo groups is 2. The van der Waals surface area contributed by atoms with Crippen molar-refractivity contribution in [2.24, 2.45) is 5.11 Å². The molecule has 0 fully saturated rings. The molecule has 0 bridgehead atoms. The van der Waals surface area contributed by atoms with Crippen LogP contribution in [0.3, 0.4) is 0 Å². The summed E-state index contributed by atoms with van der Waals surface area (Å²) in [5.74, 6) is 0. The van der Waals surface area contributed by atoms with Crippen LogP contribution in [-0.2, 0) is 0 Å². The van der Waals surface area contributed by atoms with Gasteiger partial charge in [-0.05, 0) is 18.1 Å². The van der Waals surface area contributed by atoms with Crippen molar-refractivity contribution in [1.29, 1.82) is 0 Å². The molecule has 1 aromatic rings. The maximum atomic E-state index is 4.51. The quantitative estimate of drug-likeness (QED) is 0.601. The Labute approximate surface area is 111 Å². The minimum atomic E-state index is 0.950. The molecule has 0 radical (unpaired) electrons. The second-order valence-corrected chi connectivity index (χ2v) is 4.97. The molecule has 0 saturated carbocycles. The Morgan fingerprint density at radius 2 is 2.24 bits per heavy atom. The van der Waals surface area contributed by atoms with Crippen molar-refractivity contribution in [2.45, 2.75) is 19.8 Å². The summed E-state index contributed by atoms with van der Waals surface area (Å²) >= 11 is 3.49. The van der Waals surface area contributed by atoms with Gasteiger partial charge in [0.1, 0.15) is 7.05 Å². The second-order valence-electron chi connectivity index (χ2n) is 4.05. The molecule has 1 heterocycles. The van der Waals surface area contributed by atoms with Crippen LogP contribution in [0.4, 0.5) is 0 Å². The third-order valence-corrected chi connectivity index (χ3v) is 3.19. The maximum Gasteiger partial charge on any atom is 0.208 e. The van der Waals surface area contributed by atoms with Gasteiger partial charge in [0.2, 0.25) is 6.17 Å². The highest BCUT2D eigenvalue weighted by Gasteiger charge is 2.31. The predicted molar refractivity (Wildman–Crippen MR) is 70.6 cm³/mol. The van der Waals surface area contributed by atoms with E-state index >= 15 is 0 Å². The molecule has 0 spiro atoms. The number of halogens is 1. The lowest BCUT2D eigenvalue weighted by Crippen LogP contribution is -2.21. The summed E-state index contributed by atoms with van der Waals surface area (Å²) in [6.45, 7) is 6.23. The fourth-order valence-electron chi connectivity index (χ4n) is 1.95. The van der Waals surface area contributed by atoms with Crippen molar-refractivity contribution in [3.05, 3.63) is 46.6 Å². The molecule has 1 aliphatic heterocycles. The maximum absolute atomic E-state index is 4.51. The second kappa shape index (κ2) is 4.92. The molecule has 4 heteroatoms. The van der Waals surface area contributed by atoms with E-state index in [9.17, 15) is 0 Å². The van der Waals surface area contributed by atoms with Gasteiger partial charge in [0, 0.05) is 4.47 Å². The van der Waals surface area contributed by atoms with E-state index in [0.717, 1.165) is 35.2 Å². The largest absolute Gasteiger partial charge is 0.443 e. The summed E-state index contributed by atoms with van der Waals surface area (Å²) < 4.78 is 4.87. The van der Waals surface area contributed by atoms with Gasteiger partial charge < -0.3 is 4.58 Å². The zero-order valence-electron chi connectivity index (χ0n) is 10.2. The summed E-state index contributed by atoms with van der Waals surface area (Å²) in [5, 5.41) is 4.51. The van der Waals surface area contributed by atoms with Crippen LogP contribution >= 0.6 is 15.9 Å². The van der Waals surface area contributed by atoms with E-state index in [1.165, 1.54) is 0 Å². The molecule has 1 aliphatic rings. The molecule has 17 heavy (non-hydrogen) atoms. The molecular weight excluding hydrogens is 278 g/mol. The molecule has 0 aliphatic carbocycles. The van der Waals surface area contributed by atoms with E-state index in [-0.39, 0.29) is 0 Å². The van der Waals surface area contributed by atoms with E-state index in [1.807, 2.05) is 28.5 Å². The monoisotopic (exact) mass is 293 g/mol. The Balaban J connectivity index is 2.29. The van der Waals surface area contributed by atoms with Gasteiger partial charge in [0.15, 0.2) is 6.17 Å². The number of hydrogen-bond donors (Lipinski definition) is 0. The summed E-state index contributed by atoms with van der Waals surface area (Å²) in [4.78, 5) is 0. The van der Waals surface area contributed by atoms with Gasteiger partial charge >= 0.3 is 0 Å². The predicted octanol–water partition coefficient (Wildman–Crippen LogP) is 3.40. The van der Waals surface area contributed by atoms with Crippen LogP contribution in [0.2, 0.25) is 0 Å². The lowest BCUT2D eigenvalue weighted by atomic mass is 10.1. The van der Waals surface area contributed by atoms with Gasteiger partial charge in [-0.1, -0.05) is 47.5 Å². The number of nitrogens with zero attached hydrogens (tertiary/aromatic N) is 3. The molecule has 3 nitrogen and oxygen atoms in total. The molecule has 0 amide bonds. The van der Waals surface area contributed by atoms with E-state index in [0.29, 0.717) is 0 Å². The highest BCUT2D eigenvalue weighted by Crippen LogP contribution is 2.31. The van der Waals surface area contributed by atoms with Crippen LogP contribution in [0.5, 0.6) is 0 Å². The first-order valence-electron chi connectivity index (χ1n) is 5.68. The molecule has 0 N–H and O–H groups in total. The van der Waals surface area contributed by atoms with E-state index in [2.05, 4.69) is 46.8 Å². The standard InChI is InChI=1S/C13H16BrN3/c1-4-6-12-15-17(3)13(16(12)2)10-7-5-8-11(14)9-10/h5,7-9H,2,4,6H2,1,3H3. The average molecular weight is 294 g/mol. The Bertz CT molecular complexity index is 467. The normalized spacial score (nSPS) is 15.5. The smallest absolute Gasteiger partial charge is 0.208 e. The van der Waals surface area contributed by atoms with Crippen LogP contribution in [0.1, 0.15) is 25.3 Å². The third-order valence-electron chi connectivity index (χ3n) is 2.70. The first kappa shape index (κ1) is 12.2. The first-order chi connectivity index (χ1) is 8.13. The zero-order valence-corrected chi connectivity index (χ0v) is 11.7. The fraction of sp³-hybridized carbons (Fsp3) is 0.308. The van der Waals surface area contributed by atoms with Gasteiger partial charge in [0.25, 0.3) is 0 Å². The third kappa shape index (κ3) is 2.36. The van der Waals surface area contributed by atoms with Crippen LogP contribution in [0.25, 0.3) is 0 Å². The first-order valence-corrected chi connectivity index (χ1v) is 6.47. The van der Waals surface area contributed by atoms with Crippen molar-refractivity contribution in [3.63, 3.8) is 0 Å². The van der Waals surface area contributed by atoms with Crippen molar-refractivity contribution in [2.75, 3.05) is 7.05 Å². The summed E-state index contributed by atoms with van der Waals surface area (Å²) in [6, 6.07) is 8.18. The van der Waals surface area contributed by atoms with Crippen molar-refractivity contribution < 1.29 is 9.27 Å². The molecular formula is C13H16BrN3. The fourth-order valence-corrected chi connectivity index (χ4v) is 2.35. The molecule has 1 aromatic carbocycles. The van der Waals surface area contributed by atoms with Gasteiger partial charge in [-0.2, -0.15) is 0 Å². The van der Waals surface area contributed by atoms with Crippen LogP contribution in [-0.4, -0.2) is 23.0 Å². The summed E-state index contributed by atoms with van der Waals surface area (Å²) in [7, 11) is 1.96. The van der Waals surface area contributed by atoms with E-state index in [4.69, 9.17) is 0 Å². The Hall–Kier alpha value is -1.29. The minimum Gasteiger partial charge on any atom is -0.443 e. The van der Waals surface area contributed by atoms with Gasteiger partial charge in [-0.25, -0.2) is 0 Å². The highest BCUT2D eigenvalue weighted by atomic mass is 79.9. The van der Waals surface area contributed by atoms with Crippen molar-refractivity contribution >= 4 is 22.6 Å². The number of hydrogen-bond acceptors (Lipinski definition) is 1. The molecule has 0 unspecified atom stereocenters. The van der Waals surface area contributed by atoms with Gasteiger partial charge in [-0.3, -0.25) is 0 Å². The lowest BCUT2D eigenvalue weighted by molar-refractivity contribution is -0.656. The highest BCUT2D eigenvalue weighted by molar-refractivity contribution is 9.10. The Morgan fingerprint density at radius 1 is 1.47 bits per heavy atom. The molecule has 0 saturated heterocycles. The molecule has 0 atom stereocenters. The van der Waals surface area contributed by atoms with E-state index in [1.54, 1.807) is 0 Å². The summed E-state index contributed by atoms with van der Waals surface area (Å²) in [6.07, 6.45) is 4.07. The summed E-state index contributed by atoms with van der Waals surface area (Å²) in [5.41, 5.74) is 1.12. The van der Waals surface area contributed by atoms with Gasteiger partial charge in [-0.15, -0.1) is 11.4 Å². The Morgan fingerprint density at radius 3 is 2.88 bits per heavy atom. The topological polar surface area (TPSA) is 18.4 Å². The zero-order chi connectivity index (χ0) is 12.4. The minimum absolute atomic E-state index is 0.950. The molecule has 90 valence electrons. The van der Waals surface area contributed by atoms with Gasteiger partial charge in [0.05, 0.1) is 5.11 Å². The SMILES string of the molecule is C=[N+]1[C-](CCC)N=[N+](C)[C-]1c1cccc(Br)c1. The van der Waals surface area contributed by atoms with Crippen LogP contribution in [0, 0.1) is 12.3 Å². The lowest BCUT2D eigenvalue weighted by Gasteiger charge is -2.21. The van der Waals surface area contributed by atoms with E-state index < -0.39 is 0 Å². The average Bonchev–Trinajstić information content (AvgIpc) is 2.55.